The first-order chi connectivity index (χ1) is 6.33. The Labute approximate surface area is 84.7 Å². The number of hydrogen-bond donors (Lipinski definition) is 0. The molecule has 1 nitrogen and oxygen atoms in total. The summed E-state index contributed by atoms with van der Waals surface area (Å²) in [7, 11) is 0. The molecule has 13 heavy (non-hydrogen) atoms. The van der Waals surface area contributed by atoms with Crippen molar-refractivity contribution >= 4 is 26.7 Å². The van der Waals surface area contributed by atoms with Crippen LogP contribution in [0.25, 0.3) is 10.8 Å². The summed E-state index contributed by atoms with van der Waals surface area (Å²) in [6, 6.07) is 13.8. The average molecular weight is 232 g/mol. The highest BCUT2D eigenvalue weighted by atomic mass is 79.9. The van der Waals surface area contributed by atoms with Gasteiger partial charge in [0.1, 0.15) is 0 Å². The van der Waals surface area contributed by atoms with E-state index < -0.39 is 0 Å². The molecule has 0 bridgehead atoms. The van der Waals surface area contributed by atoms with Crippen molar-refractivity contribution in [1.29, 1.82) is 5.26 Å². The fourth-order valence-corrected chi connectivity index (χ4v) is 1.84. The molecule has 2 aromatic carbocycles. The van der Waals surface area contributed by atoms with E-state index in [1.165, 1.54) is 0 Å². The van der Waals surface area contributed by atoms with E-state index in [4.69, 9.17) is 5.26 Å². The second-order valence-electron chi connectivity index (χ2n) is 2.75. The van der Waals surface area contributed by atoms with E-state index >= 15 is 0 Å². The topological polar surface area (TPSA) is 23.8 Å². The van der Waals surface area contributed by atoms with Gasteiger partial charge in [-0.25, -0.2) is 0 Å². The first-order valence-electron chi connectivity index (χ1n) is 3.90. The molecule has 0 radical (unpaired) electrons. The third-order valence-corrected chi connectivity index (χ3v) is 2.68. The minimum atomic E-state index is 0.721. The van der Waals surface area contributed by atoms with Crippen LogP contribution in [-0.2, 0) is 0 Å². The van der Waals surface area contributed by atoms with Crippen molar-refractivity contribution in [2.24, 2.45) is 0 Å². The number of benzene rings is 2. The smallest absolute Gasteiger partial charge is 0.0998 e. The van der Waals surface area contributed by atoms with Crippen molar-refractivity contribution < 1.29 is 0 Å². The molecule has 0 atom stereocenters. The van der Waals surface area contributed by atoms with E-state index in [1.807, 2.05) is 36.4 Å². The molecule has 2 aromatic rings. The van der Waals surface area contributed by atoms with E-state index in [9.17, 15) is 0 Å². The molecular weight excluding hydrogens is 226 g/mol. The fraction of sp³-hybridized carbons (Fsp3) is 0. The number of nitrogens with zero attached hydrogens (tertiary/aromatic N) is 1. The van der Waals surface area contributed by atoms with Gasteiger partial charge in [-0.1, -0.05) is 40.2 Å². The number of fused-ring (bicyclic) bond motifs is 1. The Kier molecular flexibility index (Phi) is 2.03. The molecule has 0 aliphatic heterocycles. The Morgan fingerprint density at radius 1 is 1.00 bits per heavy atom. The molecule has 0 aliphatic carbocycles. The predicted molar refractivity (Wildman–Crippen MR) is 56.4 cm³/mol. The zero-order valence-electron chi connectivity index (χ0n) is 6.79. The minimum absolute atomic E-state index is 0.721. The first kappa shape index (κ1) is 8.28. The number of halogens is 1. The second kappa shape index (κ2) is 3.20. The molecule has 0 amide bonds. The van der Waals surface area contributed by atoms with Crippen molar-refractivity contribution in [2.75, 3.05) is 0 Å². The van der Waals surface area contributed by atoms with Crippen molar-refractivity contribution in [3.8, 4) is 6.07 Å². The van der Waals surface area contributed by atoms with Crippen molar-refractivity contribution in [3.05, 3.63) is 46.4 Å². The normalized spacial score (nSPS) is 9.85. The summed E-state index contributed by atoms with van der Waals surface area (Å²) in [6.07, 6.45) is 0. The van der Waals surface area contributed by atoms with Crippen LogP contribution in [0.3, 0.4) is 0 Å². The molecule has 0 aromatic heterocycles. The molecule has 0 N–H and O–H groups in total. The number of nitriles is 1. The first-order valence-corrected chi connectivity index (χ1v) is 4.69. The van der Waals surface area contributed by atoms with Gasteiger partial charge in [0, 0.05) is 9.86 Å². The van der Waals surface area contributed by atoms with Gasteiger partial charge in [-0.2, -0.15) is 5.26 Å². The maximum atomic E-state index is 8.86. The van der Waals surface area contributed by atoms with E-state index in [0.717, 1.165) is 20.8 Å². The van der Waals surface area contributed by atoms with E-state index in [0.29, 0.717) is 0 Å². The summed E-state index contributed by atoms with van der Waals surface area (Å²) in [5.74, 6) is 0. The Hall–Kier alpha value is -1.33. The van der Waals surface area contributed by atoms with E-state index in [1.54, 1.807) is 0 Å². The Morgan fingerprint density at radius 2 is 1.69 bits per heavy atom. The maximum absolute atomic E-state index is 8.86. The molecule has 2 rings (SSSR count). The molecule has 62 valence electrons. The van der Waals surface area contributed by atoms with Gasteiger partial charge in [-0.3, -0.25) is 0 Å². The van der Waals surface area contributed by atoms with Crippen molar-refractivity contribution in [2.45, 2.75) is 0 Å². The summed E-state index contributed by atoms with van der Waals surface area (Å²) < 4.78 is 1.03. The van der Waals surface area contributed by atoms with Gasteiger partial charge in [0.25, 0.3) is 0 Å². The van der Waals surface area contributed by atoms with Crippen LogP contribution in [0.1, 0.15) is 5.56 Å². The summed E-state index contributed by atoms with van der Waals surface area (Å²) in [4.78, 5) is 0. The summed E-state index contributed by atoms with van der Waals surface area (Å²) in [6.45, 7) is 0. The highest BCUT2D eigenvalue weighted by Crippen LogP contribution is 2.25. The van der Waals surface area contributed by atoms with Crippen LogP contribution in [0.15, 0.2) is 40.9 Å². The fourth-order valence-electron chi connectivity index (χ4n) is 1.36. The zero-order valence-corrected chi connectivity index (χ0v) is 8.38. The van der Waals surface area contributed by atoms with Crippen molar-refractivity contribution in [1.82, 2.24) is 0 Å². The van der Waals surface area contributed by atoms with E-state index in [-0.39, 0.29) is 0 Å². The predicted octanol–water partition coefficient (Wildman–Crippen LogP) is 3.47. The SMILES string of the molecule is N#Cc1ccc(Br)c2ccccc12. The zero-order chi connectivity index (χ0) is 9.26. The van der Waals surface area contributed by atoms with Gasteiger partial charge >= 0.3 is 0 Å². The summed E-state index contributed by atoms with van der Waals surface area (Å²) in [5.41, 5.74) is 0.721. The highest BCUT2D eigenvalue weighted by Gasteiger charge is 2.01. The minimum Gasteiger partial charge on any atom is -0.192 e. The van der Waals surface area contributed by atoms with Crippen LogP contribution in [0.5, 0.6) is 0 Å². The van der Waals surface area contributed by atoms with Gasteiger partial charge < -0.3 is 0 Å². The molecule has 2 heteroatoms. The van der Waals surface area contributed by atoms with Crippen molar-refractivity contribution in [3.63, 3.8) is 0 Å². The Balaban J connectivity index is 2.95. The largest absolute Gasteiger partial charge is 0.192 e. The standard InChI is InChI=1S/C11H6BrN/c12-11-6-5-8(7-13)9-3-1-2-4-10(9)11/h1-6H. The lowest BCUT2D eigenvalue weighted by molar-refractivity contribution is 1.50. The molecule has 0 saturated carbocycles. The summed E-state index contributed by atoms with van der Waals surface area (Å²) >= 11 is 3.45. The lowest BCUT2D eigenvalue weighted by atomic mass is 10.1. The highest BCUT2D eigenvalue weighted by molar-refractivity contribution is 9.10. The lowest BCUT2D eigenvalue weighted by Crippen LogP contribution is -1.79. The molecular formula is C11H6BrN. The van der Waals surface area contributed by atoms with Crippen LogP contribution in [0.2, 0.25) is 0 Å². The quantitative estimate of drug-likeness (QED) is 0.682. The Morgan fingerprint density at radius 3 is 2.38 bits per heavy atom. The molecule has 0 unspecified atom stereocenters. The molecule has 0 spiro atoms. The van der Waals surface area contributed by atoms with Gasteiger partial charge in [-0.15, -0.1) is 0 Å². The third kappa shape index (κ3) is 1.32. The molecule has 0 saturated heterocycles. The van der Waals surface area contributed by atoms with Crippen LogP contribution < -0.4 is 0 Å². The molecule has 0 fully saturated rings. The maximum Gasteiger partial charge on any atom is 0.0998 e. The van der Waals surface area contributed by atoms with E-state index in [2.05, 4.69) is 22.0 Å². The average Bonchev–Trinajstić information content (AvgIpc) is 2.19. The monoisotopic (exact) mass is 231 g/mol. The number of rotatable bonds is 0. The molecule has 0 heterocycles. The number of hydrogen-bond acceptors (Lipinski definition) is 1. The van der Waals surface area contributed by atoms with Crippen LogP contribution in [-0.4, -0.2) is 0 Å². The lowest BCUT2D eigenvalue weighted by Gasteiger charge is -2.01. The van der Waals surface area contributed by atoms with Gasteiger partial charge in [0.05, 0.1) is 11.6 Å². The van der Waals surface area contributed by atoms with Gasteiger partial charge in [0.2, 0.25) is 0 Å². The van der Waals surface area contributed by atoms with Gasteiger partial charge in [-0.05, 0) is 17.5 Å². The third-order valence-electron chi connectivity index (χ3n) is 1.99. The van der Waals surface area contributed by atoms with Crippen LogP contribution >= 0.6 is 15.9 Å². The van der Waals surface area contributed by atoms with Crippen LogP contribution in [0.4, 0.5) is 0 Å². The summed E-state index contributed by atoms with van der Waals surface area (Å²) in [5, 5.41) is 10.9. The van der Waals surface area contributed by atoms with Gasteiger partial charge in [0.15, 0.2) is 0 Å². The molecule has 0 aliphatic rings. The van der Waals surface area contributed by atoms with Crippen LogP contribution in [0, 0.1) is 11.3 Å². The Bertz CT molecular complexity index is 497. The second-order valence-corrected chi connectivity index (χ2v) is 3.61.